The van der Waals surface area contributed by atoms with Crippen molar-refractivity contribution in [3.63, 3.8) is 0 Å². The second-order valence-corrected chi connectivity index (χ2v) is 7.77. The summed E-state index contributed by atoms with van der Waals surface area (Å²) >= 11 is 0. The van der Waals surface area contributed by atoms with E-state index in [1.165, 1.54) is 0 Å². The zero-order valence-electron chi connectivity index (χ0n) is 17.3. The number of rotatable bonds is 6. The van der Waals surface area contributed by atoms with Crippen molar-refractivity contribution in [2.75, 3.05) is 20.3 Å². The molecule has 0 unspecified atom stereocenters. The van der Waals surface area contributed by atoms with Crippen molar-refractivity contribution < 1.29 is 14.3 Å². The van der Waals surface area contributed by atoms with Crippen LogP contribution in [0.15, 0.2) is 53.3 Å². The molecule has 1 saturated heterocycles. The van der Waals surface area contributed by atoms with Crippen molar-refractivity contribution in [3.8, 4) is 5.75 Å². The molecule has 1 atom stereocenters. The summed E-state index contributed by atoms with van der Waals surface area (Å²) in [6.07, 6.45) is 1.89. The molecular weight excluding hydrogens is 380 g/mol. The summed E-state index contributed by atoms with van der Waals surface area (Å²) in [6.45, 7) is 3.36. The Hall–Kier alpha value is -3.12. The van der Waals surface area contributed by atoms with Crippen LogP contribution in [0.1, 0.15) is 34.3 Å². The number of fused-ring (bicyclic) bond motifs is 1. The van der Waals surface area contributed by atoms with Crippen LogP contribution in [-0.4, -0.2) is 42.2 Å². The van der Waals surface area contributed by atoms with E-state index in [9.17, 15) is 9.59 Å². The Balaban J connectivity index is 1.66. The van der Waals surface area contributed by atoms with Crippen LogP contribution >= 0.6 is 0 Å². The van der Waals surface area contributed by atoms with E-state index in [0.29, 0.717) is 30.0 Å². The minimum absolute atomic E-state index is 0.0123. The van der Waals surface area contributed by atoms with E-state index >= 15 is 0 Å². The van der Waals surface area contributed by atoms with E-state index in [1.54, 1.807) is 36.3 Å². The molecule has 6 nitrogen and oxygen atoms in total. The number of H-pyrrole nitrogens is 1. The molecule has 1 aliphatic rings. The predicted molar refractivity (Wildman–Crippen MR) is 116 cm³/mol. The van der Waals surface area contributed by atoms with Gasteiger partial charge < -0.3 is 19.4 Å². The average molecular weight is 406 g/mol. The topological polar surface area (TPSA) is 71.6 Å². The minimum atomic E-state index is -0.177. The molecule has 1 aromatic heterocycles. The molecule has 2 aromatic carbocycles. The highest BCUT2D eigenvalue weighted by molar-refractivity contribution is 5.94. The molecule has 1 fully saturated rings. The van der Waals surface area contributed by atoms with Gasteiger partial charge in [-0.2, -0.15) is 0 Å². The van der Waals surface area contributed by atoms with Crippen LogP contribution < -0.4 is 10.3 Å². The molecule has 2 heterocycles. The lowest BCUT2D eigenvalue weighted by Gasteiger charge is -2.25. The van der Waals surface area contributed by atoms with Crippen molar-refractivity contribution in [1.82, 2.24) is 9.88 Å². The first kappa shape index (κ1) is 20.2. The first-order chi connectivity index (χ1) is 14.5. The Morgan fingerprint density at radius 1 is 1.23 bits per heavy atom. The normalized spacial score (nSPS) is 16.0. The van der Waals surface area contributed by atoms with Crippen LogP contribution in [0.25, 0.3) is 10.9 Å². The fraction of sp³-hybridized carbons (Fsp3) is 0.333. The van der Waals surface area contributed by atoms with Gasteiger partial charge in [0.25, 0.3) is 11.5 Å². The number of ether oxygens (including phenoxy) is 2. The number of carbonyl (C=O) groups excluding carboxylic acids is 1. The smallest absolute Gasteiger partial charge is 0.254 e. The van der Waals surface area contributed by atoms with Gasteiger partial charge in [0.2, 0.25) is 0 Å². The number of hydrogen-bond donors (Lipinski definition) is 1. The zero-order chi connectivity index (χ0) is 21.1. The van der Waals surface area contributed by atoms with E-state index < -0.39 is 0 Å². The molecule has 0 spiro atoms. The van der Waals surface area contributed by atoms with Gasteiger partial charge in [-0.1, -0.05) is 18.2 Å². The molecule has 6 heteroatoms. The monoisotopic (exact) mass is 406 g/mol. The SMILES string of the molecule is COc1cccc(C(=O)N(Cc2cc3ccc(C)cc3[nH]c2=O)C[C@@H]2CCCO2)c1. The molecule has 0 radical (unpaired) electrons. The van der Waals surface area contributed by atoms with Gasteiger partial charge in [-0.15, -0.1) is 0 Å². The zero-order valence-corrected chi connectivity index (χ0v) is 17.3. The Labute approximate surface area is 175 Å². The number of carbonyl (C=O) groups is 1. The van der Waals surface area contributed by atoms with Gasteiger partial charge in [-0.25, -0.2) is 0 Å². The standard InChI is InChI=1S/C24H26N2O4/c1-16-8-9-17-12-19(23(27)25-22(17)11-16)14-26(15-21-7-4-10-30-21)24(28)18-5-3-6-20(13-18)29-2/h3,5-6,8-9,11-13,21H,4,7,10,14-15H2,1-2H3,(H,25,27)/t21-/m0/s1. The number of aromatic amines is 1. The first-order valence-corrected chi connectivity index (χ1v) is 10.2. The Morgan fingerprint density at radius 2 is 2.10 bits per heavy atom. The second-order valence-electron chi connectivity index (χ2n) is 7.77. The van der Waals surface area contributed by atoms with Crippen molar-refractivity contribution in [1.29, 1.82) is 0 Å². The quantitative estimate of drug-likeness (QED) is 0.678. The van der Waals surface area contributed by atoms with E-state index in [4.69, 9.17) is 9.47 Å². The third-order valence-corrected chi connectivity index (χ3v) is 5.49. The third-order valence-electron chi connectivity index (χ3n) is 5.49. The number of amides is 1. The fourth-order valence-corrected chi connectivity index (χ4v) is 3.88. The molecule has 30 heavy (non-hydrogen) atoms. The lowest BCUT2D eigenvalue weighted by molar-refractivity contribution is 0.0506. The maximum absolute atomic E-state index is 13.3. The van der Waals surface area contributed by atoms with Crippen molar-refractivity contribution in [3.05, 3.63) is 75.6 Å². The summed E-state index contributed by atoms with van der Waals surface area (Å²) in [4.78, 5) is 30.7. The highest BCUT2D eigenvalue weighted by Gasteiger charge is 2.25. The third kappa shape index (κ3) is 4.39. The van der Waals surface area contributed by atoms with Crippen molar-refractivity contribution >= 4 is 16.8 Å². The highest BCUT2D eigenvalue weighted by Crippen LogP contribution is 2.20. The largest absolute Gasteiger partial charge is 0.497 e. The lowest BCUT2D eigenvalue weighted by Crippen LogP contribution is -2.38. The van der Waals surface area contributed by atoms with Gasteiger partial charge in [0, 0.05) is 29.8 Å². The summed E-state index contributed by atoms with van der Waals surface area (Å²) in [5.74, 6) is 0.477. The molecular formula is C24H26N2O4. The van der Waals surface area contributed by atoms with Crippen molar-refractivity contribution in [2.24, 2.45) is 0 Å². The molecule has 3 aromatic rings. The summed E-state index contributed by atoms with van der Waals surface area (Å²) < 4.78 is 11.0. The van der Waals surface area contributed by atoms with E-state index in [2.05, 4.69) is 4.98 Å². The van der Waals surface area contributed by atoms with Crippen LogP contribution in [0.2, 0.25) is 0 Å². The van der Waals surface area contributed by atoms with E-state index in [-0.39, 0.29) is 24.1 Å². The molecule has 4 rings (SSSR count). The number of hydrogen-bond acceptors (Lipinski definition) is 4. The highest BCUT2D eigenvalue weighted by atomic mass is 16.5. The van der Waals surface area contributed by atoms with Crippen LogP contribution in [0.3, 0.4) is 0 Å². The minimum Gasteiger partial charge on any atom is -0.497 e. The Morgan fingerprint density at radius 3 is 2.87 bits per heavy atom. The van der Waals surface area contributed by atoms with Crippen LogP contribution in [-0.2, 0) is 11.3 Å². The molecule has 1 N–H and O–H groups in total. The molecule has 1 aliphatic heterocycles. The molecule has 0 aliphatic carbocycles. The number of benzene rings is 2. The van der Waals surface area contributed by atoms with Gasteiger partial charge >= 0.3 is 0 Å². The maximum Gasteiger partial charge on any atom is 0.254 e. The Kier molecular flexibility index (Phi) is 5.86. The van der Waals surface area contributed by atoms with Gasteiger partial charge in [0.1, 0.15) is 5.75 Å². The van der Waals surface area contributed by atoms with Crippen LogP contribution in [0, 0.1) is 6.92 Å². The number of nitrogens with zero attached hydrogens (tertiary/aromatic N) is 1. The Bertz CT molecular complexity index is 1120. The summed E-state index contributed by atoms with van der Waals surface area (Å²) in [5.41, 5.74) is 2.79. The van der Waals surface area contributed by atoms with Gasteiger partial charge in [0.15, 0.2) is 0 Å². The van der Waals surface area contributed by atoms with Gasteiger partial charge in [-0.3, -0.25) is 9.59 Å². The summed E-state index contributed by atoms with van der Waals surface area (Å²) in [7, 11) is 1.57. The lowest BCUT2D eigenvalue weighted by atomic mass is 10.1. The number of nitrogens with one attached hydrogen (secondary N) is 1. The fourth-order valence-electron chi connectivity index (χ4n) is 3.88. The number of aromatic nitrogens is 1. The van der Waals surface area contributed by atoms with Gasteiger partial charge in [0.05, 0.1) is 19.8 Å². The van der Waals surface area contributed by atoms with Gasteiger partial charge in [-0.05, 0) is 61.0 Å². The van der Waals surface area contributed by atoms with Crippen LogP contribution in [0.4, 0.5) is 0 Å². The average Bonchev–Trinajstić information content (AvgIpc) is 3.26. The predicted octanol–water partition coefficient (Wildman–Crippen LogP) is 3.67. The van der Waals surface area contributed by atoms with E-state index in [0.717, 1.165) is 29.3 Å². The number of methoxy groups -OCH3 is 1. The summed E-state index contributed by atoms with van der Waals surface area (Å²) in [6, 6.07) is 14.9. The first-order valence-electron chi connectivity index (χ1n) is 10.2. The number of pyridine rings is 1. The maximum atomic E-state index is 13.3. The number of aryl methyl sites for hydroxylation is 1. The molecule has 0 bridgehead atoms. The molecule has 0 saturated carbocycles. The second kappa shape index (κ2) is 8.71. The van der Waals surface area contributed by atoms with Crippen molar-refractivity contribution in [2.45, 2.75) is 32.4 Å². The molecule has 1 amide bonds. The molecule has 156 valence electrons. The van der Waals surface area contributed by atoms with E-state index in [1.807, 2.05) is 31.2 Å². The summed E-state index contributed by atoms with van der Waals surface area (Å²) in [5, 5.41) is 0.945. The van der Waals surface area contributed by atoms with Crippen LogP contribution in [0.5, 0.6) is 5.75 Å².